The molecule has 0 atom stereocenters. The Morgan fingerprint density at radius 3 is 2.56 bits per heavy atom. The van der Waals surface area contributed by atoms with Crippen LogP contribution in [-0.4, -0.2) is 57.1 Å². The Kier molecular flexibility index (Phi) is 8.22. The van der Waals surface area contributed by atoms with Crippen LogP contribution in [0.4, 0.5) is 0 Å². The van der Waals surface area contributed by atoms with Crippen molar-refractivity contribution in [3.05, 3.63) is 46.8 Å². The lowest BCUT2D eigenvalue weighted by molar-refractivity contribution is -0.126. The van der Waals surface area contributed by atoms with Gasteiger partial charge >= 0.3 is 0 Å². The van der Waals surface area contributed by atoms with E-state index in [1.54, 1.807) is 26.2 Å². The maximum absolute atomic E-state index is 13.3. The summed E-state index contributed by atoms with van der Waals surface area (Å²) < 4.78 is 38.4. The Balaban J connectivity index is 1.67. The lowest BCUT2D eigenvalue weighted by atomic mass is 9.97. The molecule has 1 amide bonds. The highest BCUT2D eigenvalue weighted by atomic mass is 32.2. The SMILES string of the molecule is COCCCNC(=O)C1CCN(S(=O)(=O)c2c(C)noc2/C=C/c2ccc(C)cc2)CC1. The van der Waals surface area contributed by atoms with Gasteiger partial charge in [0.05, 0.1) is 0 Å². The van der Waals surface area contributed by atoms with Crippen LogP contribution < -0.4 is 5.32 Å². The fraction of sp³-hybridized carbons (Fsp3) is 0.478. The Morgan fingerprint density at radius 2 is 1.91 bits per heavy atom. The minimum Gasteiger partial charge on any atom is -0.385 e. The molecule has 174 valence electrons. The number of sulfonamides is 1. The number of methoxy groups -OCH3 is 1. The molecule has 1 N–H and O–H groups in total. The van der Waals surface area contributed by atoms with Gasteiger partial charge in [-0.1, -0.05) is 41.1 Å². The molecule has 1 fully saturated rings. The van der Waals surface area contributed by atoms with Gasteiger partial charge in [-0.15, -0.1) is 0 Å². The molecular weight excluding hydrogens is 430 g/mol. The summed E-state index contributed by atoms with van der Waals surface area (Å²) >= 11 is 0. The standard InChI is InChI=1S/C23H31N3O5S/c1-17-5-7-19(8-6-17)9-10-21-22(18(2)25-31-21)32(28,29)26-14-11-20(12-15-26)23(27)24-13-4-16-30-3/h5-10,20H,4,11-16H2,1-3H3,(H,24,27)/b10-9+. The molecule has 0 spiro atoms. The number of aryl methyl sites for hydroxylation is 2. The molecule has 1 aliphatic rings. The number of piperidine rings is 1. The van der Waals surface area contributed by atoms with Gasteiger partial charge in [-0.25, -0.2) is 8.42 Å². The molecule has 0 aliphatic carbocycles. The largest absolute Gasteiger partial charge is 0.385 e. The van der Waals surface area contributed by atoms with Crippen LogP contribution in [0.15, 0.2) is 33.7 Å². The van der Waals surface area contributed by atoms with Gasteiger partial charge in [-0.2, -0.15) is 4.31 Å². The highest BCUT2D eigenvalue weighted by Crippen LogP contribution is 2.29. The van der Waals surface area contributed by atoms with Crippen molar-refractivity contribution in [1.29, 1.82) is 0 Å². The van der Waals surface area contributed by atoms with Gasteiger partial charge in [-0.05, 0) is 44.7 Å². The van der Waals surface area contributed by atoms with Crippen LogP contribution in [0, 0.1) is 19.8 Å². The summed E-state index contributed by atoms with van der Waals surface area (Å²) in [6.45, 7) is 5.35. The molecule has 8 nitrogen and oxygen atoms in total. The summed E-state index contributed by atoms with van der Waals surface area (Å²) in [6.07, 6.45) is 5.15. The average molecular weight is 462 g/mol. The number of hydrogen-bond acceptors (Lipinski definition) is 6. The zero-order chi connectivity index (χ0) is 23.1. The number of aromatic nitrogens is 1. The highest BCUT2D eigenvalue weighted by molar-refractivity contribution is 7.89. The van der Waals surface area contributed by atoms with Gasteiger partial charge in [0.2, 0.25) is 15.9 Å². The minimum absolute atomic E-state index is 0.0268. The summed E-state index contributed by atoms with van der Waals surface area (Å²) in [5.74, 6) is -0.00409. The van der Waals surface area contributed by atoms with E-state index >= 15 is 0 Å². The molecule has 1 saturated heterocycles. The normalized spacial score (nSPS) is 16.0. The number of carbonyl (C=O) groups excluding carboxylic acids is 1. The van der Waals surface area contributed by atoms with Crippen molar-refractivity contribution in [2.45, 2.75) is 38.0 Å². The third-order valence-electron chi connectivity index (χ3n) is 5.58. The number of nitrogens with zero attached hydrogens (tertiary/aromatic N) is 2. The van der Waals surface area contributed by atoms with Gasteiger partial charge in [-0.3, -0.25) is 4.79 Å². The van der Waals surface area contributed by atoms with Crippen molar-refractivity contribution < 1.29 is 22.5 Å². The van der Waals surface area contributed by atoms with Crippen molar-refractivity contribution in [3.8, 4) is 0 Å². The van der Waals surface area contributed by atoms with Gasteiger partial charge in [0.15, 0.2) is 10.7 Å². The topological polar surface area (TPSA) is 102 Å². The second kappa shape index (κ2) is 10.9. The van der Waals surface area contributed by atoms with Crippen LogP contribution in [0.25, 0.3) is 12.2 Å². The predicted molar refractivity (Wildman–Crippen MR) is 122 cm³/mol. The lowest BCUT2D eigenvalue weighted by Gasteiger charge is -2.30. The molecule has 2 heterocycles. The average Bonchev–Trinajstić information content (AvgIpc) is 3.17. The monoisotopic (exact) mass is 461 g/mol. The molecule has 2 aromatic rings. The quantitative estimate of drug-likeness (QED) is 0.576. The zero-order valence-corrected chi connectivity index (χ0v) is 19.7. The number of hydrogen-bond donors (Lipinski definition) is 1. The van der Waals surface area contributed by atoms with E-state index in [-0.39, 0.29) is 35.6 Å². The second-order valence-corrected chi connectivity index (χ2v) is 9.90. The molecule has 1 aromatic heterocycles. The molecule has 0 radical (unpaired) electrons. The van der Waals surface area contributed by atoms with Crippen LogP contribution in [0.2, 0.25) is 0 Å². The van der Waals surface area contributed by atoms with E-state index in [0.717, 1.165) is 17.5 Å². The first-order valence-corrected chi connectivity index (χ1v) is 12.2. The maximum atomic E-state index is 13.3. The number of amides is 1. The number of rotatable bonds is 9. The van der Waals surface area contributed by atoms with Crippen molar-refractivity contribution in [2.75, 3.05) is 33.4 Å². The molecule has 32 heavy (non-hydrogen) atoms. The number of benzene rings is 1. The number of ether oxygens (including phenoxy) is 1. The minimum atomic E-state index is -3.79. The first-order valence-electron chi connectivity index (χ1n) is 10.8. The van der Waals surface area contributed by atoms with E-state index in [1.807, 2.05) is 31.2 Å². The van der Waals surface area contributed by atoms with E-state index in [1.165, 1.54) is 4.31 Å². The summed E-state index contributed by atoms with van der Waals surface area (Å²) in [5, 5.41) is 6.79. The van der Waals surface area contributed by atoms with E-state index in [2.05, 4.69) is 10.5 Å². The zero-order valence-electron chi connectivity index (χ0n) is 18.8. The van der Waals surface area contributed by atoms with Crippen molar-refractivity contribution in [3.63, 3.8) is 0 Å². The molecule has 0 saturated carbocycles. The Bertz CT molecular complexity index is 1040. The van der Waals surface area contributed by atoms with Crippen molar-refractivity contribution >= 4 is 28.1 Å². The van der Waals surface area contributed by atoms with Crippen molar-refractivity contribution in [2.24, 2.45) is 5.92 Å². The van der Waals surface area contributed by atoms with E-state index in [4.69, 9.17) is 9.26 Å². The molecular formula is C23H31N3O5S. The van der Waals surface area contributed by atoms with Gasteiger partial charge < -0.3 is 14.6 Å². The maximum Gasteiger partial charge on any atom is 0.248 e. The van der Waals surface area contributed by atoms with E-state index in [9.17, 15) is 13.2 Å². The Hall–Kier alpha value is -2.49. The molecule has 1 aliphatic heterocycles. The van der Waals surface area contributed by atoms with Crippen LogP contribution in [0.1, 0.15) is 41.8 Å². The van der Waals surface area contributed by atoms with Crippen LogP contribution in [0.3, 0.4) is 0 Å². The first kappa shape index (κ1) is 24.2. The smallest absolute Gasteiger partial charge is 0.248 e. The number of carbonyl (C=O) groups is 1. The third-order valence-corrected chi connectivity index (χ3v) is 7.64. The van der Waals surface area contributed by atoms with Crippen LogP contribution >= 0.6 is 0 Å². The first-order chi connectivity index (χ1) is 15.3. The van der Waals surface area contributed by atoms with E-state index < -0.39 is 10.0 Å². The molecule has 1 aromatic carbocycles. The molecule has 9 heteroatoms. The summed E-state index contributed by atoms with van der Waals surface area (Å²) in [4.78, 5) is 12.4. The second-order valence-electron chi connectivity index (χ2n) is 8.02. The predicted octanol–water partition coefficient (Wildman–Crippen LogP) is 3.02. The van der Waals surface area contributed by atoms with Gasteiger partial charge in [0.25, 0.3) is 0 Å². The van der Waals surface area contributed by atoms with Crippen molar-refractivity contribution in [1.82, 2.24) is 14.8 Å². The fourth-order valence-corrected chi connectivity index (χ4v) is 5.43. The van der Waals surface area contributed by atoms with Gasteiger partial charge in [0.1, 0.15) is 5.69 Å². The fourth-order valence-electron chi connectivity index (χ4n) is 3.71. The summed E-state index contributed by atoms with van der Waals surface area (Å²) in [5.41, 5.74) is 2.41. The lowest BCUT2D eigenvalue weighted by Crippen LogP contribution is -2.43. The highest BCUT2D eigenvalue weighted by Gasteiger charge is 2.35. The molecule has 0 bridgehead atoms. The summed E-state index contributed by atoms with van der Waals surface area (Å²) in [7, 11) is -2.16. The summed E-state index contributed by atoms with van der Waals surface area (Å²) in [6, 6.07) is 7.88. The molecule has 3 rings (SSSR count). The van der Waals surface area contributed by atoms with E-state index in [0.29, 0.717) is 31.7 Å². The number of nitrogens with one attached hydrogen (secondary N) is 1. The third kappa shape index (κ3) is 5.85. The Morgan fingerprint density at radius 1 is 1.22 bits per heavy atom. The Labute approximate surface area is 189 Å². The van der Waals surface area contributed by atoms with Crippen LogP contribution in [0.5, 0.6) is 0 Å². The van der Waals surface area contributed by atoms with Gasteiger partial charge in [0, 0.05) is 39.3 Å². The van der Waals surface area contributed by atoms with Crippen LogP contribution in [-0.2, 0) is 19.6 Å². The molecule has 0 unspecified atom stereocenters.